The van der Waals surface area contributed by atoms with Crippen LogP contribution >= 0.6 is 0 Å². The lowest BCUT2D eigenvalue weighted by Gasteiger charge is -2.26. The molecule has 3 N–H and O–H groups in total. The summed E-state index contributed by atoms with van der Waals surface area (Å²) in [5, 5.41) is 3.46. The number of carbonyl (C=O) groups excluding carboxylic acids is 1. The highest BCUT2D eigenvalue weighted by Crippen LogP contribution is 2.20. The molecule has 0 bridgehead atoms. The van der Waals surface area contributed by atoms with Gasteiger partial charge in [0.25, 0.3) is 0 Å². The Hall–Kier alpha value is -1.35. The van der Waals surface area contributed by atoms with Gasteiger partial charge in [-0.15, -0.1) is 0 Å². The quantitative estimate of drug-likeness (QED) is 0.779. The predicted octanol–water partition coefficient (Wildman–Crippen LogP) is 2.63. The van der Waals surface area contributed by atoms with Crippen molar-refractivity contribution in [1.29, 1.82) is 0 Å². The van der Waals surface area contributed by atoms with Crippen LogP contribution in [-0.2, 0) is 4.79 Å². The van der Waals surface area contributed by atoms with Crippen LogP contribution in [0.3, 0.4) is 0 Å². The molecule has 0 heterocycles. The maximum atomic E-state index is 11.3. The molecule has 1 aromatic carbocycles. The average Bonchev–Trinajstić information content (AvgIpc) is 2.35. The van der Waals surface area contributed by atoms with Crippen LogP contribution in [0.2, 0.25) is 0 Å². The third kappa shape index (κ3) is 4.15. The lowest BCUT2D eigenvalue weighted by atomic mass is 9.91. The Labute approximate surface area is 110 Å². The summed E-state index contributed by atoms with van der Waals surface area (Å²) in [6, 6.07) is 10.6. The van der Waals surface area contributed by atoms with Crippen LogP contribution in [0.4, 0.5) is 0 Å². The van der Waals surface area contributed by atoms with E-state index in [1.54, 1.807) is 0 Å². The summed E-state index contributed by atoms with van der Waals surface area (Å²) in [4.78, 5) is 11.3. The molecule has 18 heavy (non-hydrogen) atoms. The first kappa shape index (κ1) is 14.7. The first-order chi connectivity index (χ1) is 8.47. The number of nitrogens with one attached hydrogen (secondary N) is 1. The molecule has 1 atom stereocenters. The van der Waals surface area contributed by atoms with Crippen molar-refractivity contribution in [3.63, 3.8) is 0 Å². The third-order valence-corrected chi connectivity index (χ3v) is 3.24. The van der Waals surface area contributed by atoms with Crippen molar-refractivity contribution >= 4 is 5.91 Å². The average molecular weight is 248 g/mol. The first-order valence-electron chi connectivity index (χ1n) is 6.55. The van der Waals surface area contributed by atoms with E-state index in [4.69, 9.17) is 5.73 Å². The monoisotopic (exact) mass is 248 g/mol. The van der Waals surface area contributed by atoms with Gasteiger partial charge in [-0.1, -0.05) is 43.7 Å². The van der Waals surface area contributed by atoms with Crippen LogP contribution in [0.25, 0.3) is 0 Å². The summed E-state index contributed by atoms with van der Waals surface area (Å²) in [5.74, 6) is -0.265. The second-order valence-electron chi connectivity index (χ2n) is 5.38. The molecule has 3 nitrogen and oxygen atoms in total. The number of amides is 1. The van der Waals surface area contributed by atoms with Gasteiger partial charge in [0.1, 0.15) is 0 Å². The van der Waals surface area contributed by atoms with Crippen molar-refractivity contribution in [1.82, 2.24) is 5.32 Å². The summed E-state index contributed by atoms with van der Waals surface area (Å²) in [6.07, 6.45) is 2.16. The Morgan fingerprint density at radius 2 is 1.94 bits per heavy atom. The molecule has 0 aliphatic rings. The van der Waals surface area contributed by atoms with E-state index in [0.717, 1.165) is 12.8 Å². The Morgan fingerprint density at radius 3 is 2.44 bits per heavy atom. The molecule has 0 aliphatic carbocycles. The molecule has 0 fully saturated rings. The third-order valence-electron chi connectivity index (χ3n) is 3.24. The Kier molecular flexibility index (Phi) is 5.35. The predicted molar refractivity (Wildman–Crippen MR) is 75.1 cm³/mol. The number of carbonyl (C=O) groups is 1. The maximum absolute atomic E-state index is 11.3. The number of benzene rings is 1. The van der Waals surface area contributed by atoms with Crippen molar-refractivity contribution in [2.75, 3.05) is 6.54 Å². The standard InChI is InChI=1S/C15H24N2O/c1-4-8-13(12-9-6-5-7-10-12)17-11-15(2,3)14(16)18/h5-7,9-10,13,17H,4,8,11H2,1-3H3,(H2,16,18). The van der Waals surface area contributed by atoms with Gasteiger partial charge in [0.15, 0.2) is 0 Å². The lowest BCUT2D eigenvalue weighted by molar-refractivity contribution is -0.125. The molecule has 0 aromatic heterocycles. The summed E-state index contributed by atoms with van der Waals surface area (Å²) < 4.78 is 0. The molecule has 0 radical (unpaired) electrons. The highest BCUT2D eigenvalue weighted by Gasteiger charge is 2.25. The van der Waals surface area contributed by atoms with Crippen LogP contribution in [0.5, 0.6) is 0 Å². The fourth-order valence-electron chi connectivity index (χ4n) is 1.83. The summed E-state index contributed by atoms with van der Waals surface area (Å²) in [5.41, 5.74) is 6.14. The van der Waals surface area contributed by atoms with E-state index in [2.05, 4.69) is 24.4 Å². The summed E-state index contributed by atoms with van der Waals surface area (Å²) in [7, 11) is 0. The minimum Gasteiger partial charge on any atom is -0.369 e. The van der Waals surface area contributed by atoms with Gasteiger partial charge in [-0.25, -0.2) is 0 Å². The van der Waals surface area contributed by atoms with Gasteiger partial charge in [0.2, 0.25) is 5.91 Å². The SMILES string of the molecule is CCCC(NCC(C)(C)C(N)=O)c1ccccc1. The van der Waals surface area contributed by atoms with Crippen molar-refractivity contribution in [3.05, 3.63) is 35.9 Å². The minimum absolute atomic E-state index is 0.265. The number of hydrogen-bond donors (Lipinski definition) is 2. The summed E-state index contributed by atoms with van der Waals surface area (Å²) in [6.45, 7) is 6.51. The Bertz CT molecular complexity index is 373. The van der Waals surface area contributed by atoms with Crippen LogP contribution in [0.1, 0.15) is 45.2 Å². The largest absolute Gasteiger partial charge is 0.369 e. The molecule has 1 rings (SSSR count). The second kappa shape index (κ2) is 6.55. The highest BCUT2D eigenvalue weighted by atomic mass is 16.1. The van der Waals surface area contributed by atoms with Gasteiger partial charge < -0.3 is 11.1 Å². The van der Waals surface area contributed by atoms with E-state index in [-0.39, 0.29) is 11.9 Å². The van der Waals surface area contributed by atoms with E-state index in [9.17, 15) is 4.79 Å². The van der Waals surface area contributed by atoms with Crippen molar-refractivity contribution in [2.24, 2.45) is 11.1 Å². The molecule has 0 spiro atoms. The normalized spacial score (nSPS) is 13.3. The molecule has 1 unspecified atom stereocenters. The number of rotatable bonds is 7. The van der Waals surface area contributed by atoms with Crippen LogP contribution < -0.4 is 11.1 Å². The second-order valence-corrected chi connectivity index (χ2v) is 5.38. The molecule has 3 heteroatoms. The molecule has 1 aromatic rings. The summed E-state index contributed by atoms with van der Waals surface area (Å²) >= 11 is 0. The fraction of sp³-hybridized carbons (Fsp3) is 0.533. The topological polar surface area (TPSA) is 55.1 Å². The van der Waals surface area contributed by atoms with Crippen LogP contribution in [0.15, 0.2) is 30.3 Å². The number of hydrogen-bond acceptors (Lipinski definition) is 2. The smallest absolute Gasteiger partial charge is 0.224 e. The van der Waals surface area contributed by atoms with Gasteiger partial charge in [0.05, 0.1) is 5.41 Å². The van der Waals surface area contributed by atoms with Gasteiger partial charge in [0, 0.05) is 12.6 Å². The maximum Gasteiger partial charge on any atom is 0.224 e. The van der Waals surface area contributed by atoms with Crippen LogP contribution in [0, 0.1) is 5.41 Å². The van der Waals surface area contributed by atoms with Crippen LogP contribution in [-0.4, -0.2) is 12.5 Å². The van der Waals surface area contributed by atoms with Gasteiger partial charge >= 0.3 is 0 Å². The van der Waals surface area contributed by atoms with Gasteiger partial charge in [-0.3, -0.25) is 4.79 Å². The Morgan fingerprint density at radius 1 is 1.33 bits per heavy atom. The van der Waals surface area contributed by atoms with Crippen molar-refractivity contribution < 1.29 is 4.79 Å². The zero-order valence-electron chi connectivity index (χ0n) is 11.6. The van der Waals surface area contributed by atoms with E-state index in [1.807, 2.05) is 32.0 Å². The highest BCUT2D eigenvalue weighted by molar-refractivity contribution is 5.80. The Balaban J connectivity index is 2.68. The van der Waals surface area contributed by atoms with E-state index in [1.165, 1.54) is 5.56 Å². The van der Waals surface area contributed by atoms with Gasteiger partial charge in [-0.05, 0) is 25.8 Å². The van der Waals surface area contributed by atoms with Gasteiger partial charge in [-0.2, -0.15) is 0 Å². The zero-order chi connectivity index (χ0) is 13.6. The fourth-order valence-corrected chi connectivity index (χ4v) is 1.83. The number of nitrogens with two attached hydrogens (primary N) is 1. The minimum atomic E-state index is -0.513. The van der Waals surface area contributed by atoms with E-state index < -0.39 is 5.41 Å². The van der Waals surface area contributed by atoms with E-state index >= 15 is 0 Å². The first-order valence-corrected chi connectivity index (χ1v) is 6.55. The molecular weight excluding hydrogens is 224 g/mol. The molecular formula is C15H24N2O. The molecule has 0 saturated carbocycles. The molecule has 100 valence electrons. The lowest BCUT2D eigenvalue weighted by Crippen LogP contribution is -2.41. The molecule has 0 saturated heterocycles. The van der Waals surface area contributed by atoms with E-state index in [0.29, 0.717) is 6.54 Å². The molecule has 1 amide bonds. The zero-order valence-corrected chi connectivity index (χ0v) is 11.6. The van der Waals surface area contributed by atoms with Crippen molar-refractivity contribution in [2.45, 2.75) is 39.7 Å². The van der Waals surface area contributed by atoms with Crippen molar-refractivity contribution in [3.8, 4) is 0 Å². The number of primary amides is 1. The molecule has 0 aliphatic heterocycles.